The Bertz CT molecular complexity index is 342. The predicted molar refractivity (Wildman–Crippen MR) is 62.3 cm³/mol. The minimum atomic E-state index is 0.417. The SMILES string of the molecule is CCn1cc(C=C2CCC(N)CC2)cn1. The van der Waals surface area contributed by atoms with Crippen LogP contribution in [0.15, 0.2) is 18.0 Å². The van der Waals surface area contributed by atoms with Crippen LogP contribution < -0.4 is 5.73 Å². The van der Waals surface area contributed by atoms with Gasteiger partial charge in [-0.15, -0.1) is 0 Å². The molecule has 1 aromatic rings. The van der Waals surface area contributed by atoms with Crippen LogP contribution in [0.4, 0.5) is 0 Å². The number of rotatable bonds is 2. The zero-order valence-electron chi connectivity index (χ0n) is 9.32. The van der Waals surface area contributed by atoms with Gasteiger partial charge >= 0.3 is 0 Å². The largest absolute Gasteiger partial charge is 0.328 e. The minimum absolute atomic E-state index is 0.417. The van der Waals surface area contributed by atoms with Gasteiger partial charge in [0.2, 0.25) is 0 Å². The molecule has 0 aromatic carbocycles. The molecular formula is C12H19N3. The van der Waals surface area contributed by atoms with Crippen molar-refractivity contribution in [3.8, 4) is 0 Å². The summed E-state index contributed by atoms with van der Waals surface area (Å²) in [5, 5.41) is 4.26. The summed E-state index contributed by atoms with van der Waals surface area (Å²) in [7, 11) is 0. The van der Waals surface area contributed by atoms with E-state index in [2.05, 4.69) is 24.3 Å². The van der Waals surface area contributed by atoms with E-state index < -0.39 is 0 Å². The lowest BCUT2D eigenvalue weighted by atomic mass is 9.90. The van der Waals surface area contributed by atoms with Crippen LogP contribution in [-0.2, 0) is 6.54 Å². The van der Waals surface area contributed by atoms with Gasteiger partial charge in [-0.25, -0.2) is 0 Å². The first-order valence-corrected chi connectivity index (χ1v) is 5.75. The number of hydrogen-bond acceptors (Lipinski definition) is 2. The van der Waals surface area contributed by atoms with Gasteiger partial charge in [-0.05, 0) is 32.6 Å². The van der Waals surface area contributed by atoms with E-state index in [4.69, 9.17) is 5.73 Å². The molecule has 2 N–H and O–H groups in total. The molecule has 0 aliphatic heterocycles. The van der Waals surface area contributed by atoms with Crippen LogP contribution in [0.5, 0.6) is 0 Å². The Hall–Kier alpha value is -1.09. The van der Waals surface area contributed by atoms with Gasteiger partial charge in [0.05, 0.1) is 6.20 Å². The highest BCUT2D eigenvalue weighted by Gasteiger charge is 2.12. The highest BCUT2D eigenvalue weighted by atomic mass is 15.3. The van der Waals surface area contributed by atoms with Crippen molar-refractivity contribution in [3.05, 3.63) is 23.5 Å². The molecule has 0 radical (unpaired) electrons. The Morgan fingerprint density at radius 2 is 2.27 bits per heavy atom. The molecule has 0 bridgehead atoms. The van der Waals surface area contributed by atoms with E-state index >= 15 is 0 Å². The summed E-state index contributed by atoms with van der Waals surface area (Å²) in [5.74, 6) is 0. The smallest absolute Gasteiger partial charge is 0.0562 e. The minimum Gasteiger partial charge on any atom is -0.328 e. The van der Waals surface area contributed by atoms with Crippen LogP contribution in [0.2, 0.25) is 0 Å². The van der Waals surface area contributed by atoms with Crippen LogP contribution >= 0.6 is 0 Å². The molecular weight excluding hydrogens is 186 g/mol. The number of allylic oxidation sites excluding steroid dienone is 1. The first-order chi connectivity index (χ1) is 7.28. The Balaban J connectivity index is 2.03. The number of aryl methyl sites for hydroxylation is 1. The third-order valence-corrected chi connectivity index (χ3v) is 3.02. The third kappa shape index (κ3) is 2.69. The Morgan fingerprint density at radius 3 is 2.87 bits per heavy atom. The number of aromatic nitrogens is 2. The molecule has 0 spiro atoms. The zero-order valence-corrected chi connectivity index (χ0v) is 9.32. The van der Waals surface area contributed by atoms with E-state index in [1.807, 2.05) is 10.9 Å². The summed E-state index contributed by atoms with van der Waals surface area (Å²) in [4.78, 5) is 0. The van der Waals surface area contributed by atoms with Gasteiger partial charge in [0, 0.05) is 24.3 Å². The van der Waals surface area contributed by atoms with Gasteiger partial charge in [0.1, 0.15) is 0 Å². The van der Waals surface area contributed by atoms with Gasteiger partial charge in [0.25, 0.3) is 0 Å². The average Bonchev–Trinajstić information content (AvgIpc) is 2.69. The monoisotopic (exact) mass is 205 g/mol. The van der Waals surface area contributed by atoms with E-state index in [1.54, 1.807) is 0 Å². The molecule has 2 rings (SSSR count). The van der Waals surface area contributed by atoms with E-state index in [0.717, 1.165) is 32.2 Å². The fourth-order valence-corrected chi connectivity index (χ4v) is 2.02. The van der Waals surface area contributed by atoms with E-state index in [-0.39, 0.29) is 0 Å². The molecule has 0 atom stereocenters. The maximum absolute atomic E-state index is 5.87. The maximum atomic E-state index is 5.87. The van der Waals surface area contributed by atoms with E-state index in [1.165, 1.54) is 11.1 Å². The fraction of sp³-hybridized carbons (Fsp3) is 0.583. The standard InChI is InChI=1S/C12H19N3/c1-2-15-9-11(8-14-15)7-10-3-5-12(13)6-4-10/h7-9,12H,2-6,13H2,1H3. The Morgan fingerprint density at radius 1 is 1.53 bits per heavy atom. The third-order valence-electron chi connectivity index (χ3n) is 3.02. The summed E-state index contributed by atoms with van der Waals surface area (Å²) in [5.41, 5.74) is 8.62. The Labute approximate surface area is 91.0 Å². The van der Waals surface area contributed by atoms with Gasteiger partial charge in [-0.3, -0.25) is 4.68 Å². The molecule has 0 amide bonds. The van der Waals surface area contributed by atoms with Crippen LogP contribution in [0.1, 0.15) is 38.2 Å². The number of nitrogens with two attached hydrogens (primary N) is 1. The fourth-order valence-electron chi connectivity index (χ4n) is 2.02. The van der Waals surface area contributed by atoms with Crippen molar-refractivity contribution in [2.45, 2.75) is 45.2 Å². The summed E-state index contributed by atoms with van der Waals surface area (Å²) in [6.07, 6.45) is 10.9. The van der Waals surface area contributed by atoms with Gasteiger partial charge < -0.3 is 5.73 Å². The van der Waals surface area contributed by atoms with Crippen molar-refractivity contribution >= 4 is 6.08 Å². The predicted octanol–water partition coefficient (Wildman–Crippen LogP) is 2.19. The first-order valence-electron chi connectivity index (χ1n) is 5.75. The molecule has 3 heteroatoms. The van der Waals surface area contributed by atoms with Crippen molar-refractivity contribution in [2.75, 3.05) is 0 Å². The molecule has 1 fully saturated rings. The van der Waals surface area contributed by atoms with E-state index in [0.29, 0.717) is 6.04 Å². The molecule has 1 saturated carbocycles. The molecule has 15 heavy (non-hydrogen) atoms. The molecule has 3 nitrogen and oxygen atoms in total. The second kappa shape index (κ2) is 4.62. The van der Waals surface area contributed by atoms with Gasteiger partial charge in [-0.2, -0.15) is 5.10 Å². The van der Waals surface area contributed by atoms with E-state index in [9.17, 15) is 0 Å². The normalized spacial score (nSPS) is 21.7. The second-order valence-electron chi connectivity index (χ2n) is 4.27. The van der Waals surface area contributed by atoms with Crippen LogP contribution in [0.3, 0.4) is 0 Å². The molecule has 0 unspecified atom stereocenters. The number of hydrogen-bond donors (Lipinski definition) is 1. The van der Waals surface area contributed by atoms with Crippen molar-refractivity contribution in [1.82, 2.24) is 9.78 Å². The second-order valence-corrected chi connectivity index (χ2v) is 4.27. The highest BCUT2D eigenvalue weighted by Crippen LogP contribution is 2.24. The average molecular weight is 205 g/mol. The quantitative estimate of drug-likeness (QED) is 0.804. The lowest BCUT2D eigenvalue weighted by molar-refractivity contribution is 0.514. The topological polar surface area (TPSA) is 43.8 Å². The molecule has 1 aromatic heterocycles. The van der Waals surface area contributed by atoms with Crippen molar-refractivity contribution in [1.29, 1.82) is 0 Å². The Kier molecular flexibility index (Phi) is 3.21. The van der Waals surface area contributed by atoms with Gasteiger partial charge in [-0.1, -0.05) is 11.6 Å². The summed E-state index contributed by atoms with van der Waals surface area (Å²) >= 11 is 0. The lowest BCUT2D eigenvalue weighted by Gasteiger charge is -2.19. The first kappa shape index (κ1) is 10.4. The highest BCUT2D eigenvalue weighted by molar-refractivity contribution is 5.51. The molecule has 0 saturated heterocycles. The van der Waals surface area contributed by atoms with Crippen molar-refractivity contribution in [3.63, 3.8) is 0 Å². The van der Waals surface area contributed by atoms with Crippen molar-refractivity contribution in [2.24, 2.45) is 5.73 Å². The molecule has 82 valence electrons. The molecule has 1 aliphatic carbocycles. The summed E-state index contributed by atoms with van der Waals surface area (Å²) in [6, 6.07) is 0.417. The van der Waals surface area contributed by atoms with Crippen LogP contribution in [0, 0.1) is 0 Å². The summed E-state index contributed by atoms with van der Waals surface area (Å²) in [6.45, 7) is 3.04. The van der Waals surface area contributed by atoms with Crippen molar-refractivity contribution < 1.29 is 0 Å². The lowest BCUT2D eigenvalue weighted by Crippen LogP contribution is -2.23. The van der Waals surface area contributed by atoms with Gasteiger partial charge in [0.15, 0.2) is 0 Å². The number of nitrogens with zero attached hydrogens (tertiary/aromatic N) is 2. The maximum Gasteiger partial charge on any atom is 0.0562 e. The zero-order chi connectivity index (χ0) is 10.7. The van der Waals surface area contributed by atoms with Crippen LogP contribution in [-0.4, -0.2) is 15.8 Å². The summed E-state index contributed by atoms with van der Waals surface area (Å²) < 4.78 is 1.96. The van der Waals surface area contributed by atoms with Crippen LogP contribution in [0.25, 0.3) is 6.08 Å². The molecule has 1 aliphatic rings. The molecule has 1 heterocycles.